The summed E-state index contributed by atoms with van der Waals surface area (Å²) in [5.74, 6) is -0.435. The van der Waals surface area contributed by atoms with E-state index in [1.54, 1.807) is 6.08 Å². The first-order chi connectivity index (χ1) is 17.0. The molecular formula is C28H28N4O3. The number of aromatic amines is 1. The van der Waals surface area contributed by atoms with Gasteiger partial charge in [-0.15, -0.1) is 0 Å². The second-order valence-electron chi connectivity index (χ2n) is 8.31. The number of nitrogens with two attached hydrogens (primary N) is 1. The quantitative estimate of drug-likeness (QED) is 0.376. The van der Waals surface area contributed by atoms with E-state index in [1.807, 2.05) is 79.7 Å². The molecule has 1 aromatic heterocycles. The molecule has 3 N–H and O–H groups in total. The number of hydrogen-bond donors (Lipinski definition) is 2. The highest BCUT2D eigenvalue weighted by Crippen LogP contribution is 2.22. The van der Waals surface area contributed by atoms with Crippen LogP contribution in [-0.4, -0.2) is 15.5 Å². The summed E-state index contributed by atoms with van der Waals surface area (Å²) < 4.78 is 1.32. The predicted molar refractivity (Wildman–Crippen MR) is 141 cm³/mol. The predicted octanol–water partition coefficient (Wildman–Crippen LogP) is 4.32. The Kier molecular flexibility index (Phi) is 7.26. The van der Waals surface area contributed by atoms with E-state index in [9.17, 15) is 14.4 Å². The van der Waals surface area contributed by atoms with Crippen molar-refractivity contribution < 1.29 is 4.79 Å². The largest absolute Gasteiger partial charge is 0.383 e. The molecule has 3 aromatic carbocycles. The molecule has 0 unspecified atom stereocenters. The SMILES string of the molecule is CCCCn1c(N)c(N(Cc2ccccc2)C(=O)/C=C/c2cccc3ccccc23)c(=O)[nH]c1=O. The van der Waals surface area contributed by atoms with E-state index in [0.29, 0.717) is 13.0 Å². The number of amides is 1. The summed E-state index contributed by atoms with van der Waals surface area (Å²) in [6.45, 7) is 2.47. The van der Waals surface area contributed by atoms with Gasteiger partial charge in [0.25, 0.3) is 11.5 Å². The van der Waals surface area contributed by atoms with Crippen molar-refractivity contribution in [2.24, 2.45) is 0 Å². The Morgan fingerprint density at radius 3 is 2.49 bits per heavy atom. The molecule has 1 heterocycles. The van der Waals surface area contributed by atoms with Crippen molar-refractivity contribution in [3.05, 3.63) is 111 Å². The smallest absolute Gasteiger partial charge is 0.330 e. The van der Waals surface area contributed by atoms with E-state index in [4.69, 9.17) is 5.73 Å². The van der Waals surface area contributed by atoms with Gasteiger partial charge in [0.1, 0.15) is 5.82 Å². The summed E-state index contributed by atoms with van der Waals surface area (Å²) in [5.41, 5.74) is 6.73. The molecule has 178 valence electrons. The lowest BCUT2D eigenvalue weighted by Crippen LogP contribution is -2.40. The van der Waals surface area contributed by atoms with Crippen molar-refractivity contribution >= 4 is 34.3 Å². The van der Waals surface area contributed by atoms with Gasteiger partial charge >= 0.3 is 5.69 Å². The molecule has 4 aromatic rings. The van der Waals surface area contributed by atoms with Gasteiger partial charge in [-0.2, -0.15) is 0 Å². The van der Waals surface area contributed by atoms with Gasteiger partial charge in [0.2, 0.25) is 0 Å². The lowest BCUT2D eigenvalue weighted by molar-refractivity contribution is -0.114. The van der Waals surface area contributed by atoms with E-state index in [2.05, 4.69) is 4.98 Å². The van der Waals surface area contributed by atoms with Crippen molar-refractivity contribution in [1.82, 2.24) is 9.55 Å². The number of rotatable bonds is 8. The molecule has 0 aliphatic heterocycles. The number of benzene rings is 3. The zero-order valence-electron chi connectivity index (χ0n) is 19.6. The van der Waals surface area contributed by atoms with Crippen LogP contribution >= 0.6 is 0 Å². The van der Waals surface area contributed by atoms with Crippen LogP contribution in [0.3, 0.4) is 0 Å². The first-order valence-electron chi connectivity index (χ1n) is 11.6. The summed E-state index contributed by atoms with van der Waals surface area (Å²) >= 11 is 0. The second kappa shape index (κ2) is 10.7. The first kappa shape index (κ1) is 23.8. The topological polar surface area (TPSA) is 101 Å². The molecule has 0 bridgehead atoms. The third-order valence-corrected chi connectivity index (χ3v) is 5.90. The number of H-pyrrole nitrogens is 1. The van der Waals surface area contributed by atoms with Crippen LogP contribution in [0.15, 0.2) is 88.5 Å². The standard InChI is InChI=1S/C28H28N4O3/c1-2-3-18-31-26(29)25(27(34)30-28(31)35)32(19-20-10-5-4-6-11-20)24(33)17-16-22-14-9-13-21-12-7-8-15-23(21)22/h4-17H,2-3,18-19,29H2,1H3,(H,30,34,35)/b17-16+. The number of nitrogens with one attached hydrogen (secondary N) is 1. The van der Waals surface area contributed by atoms with Crippen molar-refractivity contribution in [2.45, 2.75) is 32.9 Å². The van der Waals surface area contributed by atoms with Crippen molar-refractivity contribution in [2.75, 3.05) is 10.6 Å². The molecule has 35 heavy (non-hydrogen) atoms. The number of nitrogens with zero attached hydrogens (tertiary/aromatic N) is 2. The number of aromatic nitrogens is 2. The summed E-state index contributed by atoms with van der Waals surface area (Å²) in [6, 6.07) is 23.1. The van der Waals surface area contributed by atoms with Crippen LogP contribution in [0.4, 0.5) is 11.5 Å². The maximum absolute atomic E-state index is 13.5. The second-order valence-corrected chi connectivity index (χ2v) is 8.31. The minimum absolute atomic E-state index is 0.0185. The third kappa shape index (κ3) is 5.24. The summed E-state index contributed by atoms with van der Waals surface area (Å²) in [5, 5.41) is 2.08. The van der Waals surface area contributed by atoms with E-state index in [-0.39, 0.29) is 18.1 Å². The Balaban J connectivity index is 1.78. The highest BCUT2D eigenvalue weighted by atomic mass is 16.2. The molecule has 0 saturated heterocycles. The Hall–Kier alpha value is -4.39. The Bertz CT molecular complexity index is 1480. The van der Waals surface area contributed by atoms with Gasteiger partial charge < -0.3 is 5.73 Å². The molecule has 0 radical (unpaired) electrons. The highest BCUT2D eigenvalue weighted by Gasteiger charge is 2.23. The van der Waals surface area contributed by atoms with Crippen LogP contribution in [-0.2, 0) is 17.9 Å². The number of anilines is 2. The average molecular weight is 469 g/mol. The van der Waals surface area contributed by atoms with Crippen LogP contribution in [0.1, 0.15) is 30.9 Å². The van der Waals surface area contributed by atoms with E-state index in [0.717, 1.165) is 28.3 Å². The maximum Gasteiger partial charge on any atom is 0.330 e. The Morgan fingerprint density at radius 2 is 1.71 bits per heavy atom. The maximum atomic E-state index is 13.5. The number of unbranched alkanes of at least 4 members (excludes halogenated alkanes) is 1. The fourth-order valence-corrected chi connectivity index (χ4v) is 4.06. The van der Waals surface area contributed by atoms with Crippen molar-refractivity contribution in [3.63, 3.8) is 0 Å². The monoisotopic (exact) mass is 468 g/mol. The van der Waals surface area contributed by atoms with Gasteiger partial charge in [0.15, 0.2) is 5.69 Å². The molecule has 0 spiro atoms. The molecule has 0 atom stereocenters. The van der Waals surface area contributed by atoms with Gasteiger partial charge in [-0.3, -0.25) is 24.0 Å². The zero-order valence-corrected chi connectivity index (χ0v) is 19.6. The third-order valence-electron chi connectivity index (χ3n) is 5.90. The minimum Gasteiger partial charge on any atom is -0.383 e. The lowest BCUT2D eigenvalue weighted by Gasteiger charge is -2.23. The molecule has 0 fully saturated rings. The first-order valence-corrected chi connectivity index (χ1v) is 11.6. The van der Waals surface area contributed by atoms with Crippen LogP contribution in [0.5, 0.6) is 0 Å². The van der Waals surface area contributed by atoms with Gasteiger partial charge in [0.05, 0.1) is 6.54 Å². The van der Waals surface area contributed by atoms with E-state index in [1.165, 1.54) is 15.5 Å². The number of fused-ring (bicyclic) bond motifs is 1. The molecule has 7 heteroatoms. The number of carbonyl (C=O) groups excluding carboxylic acids is 1. The molecular weight excluding hydrogens is 440 g/mol. The number of hydrogen-bond acceptors (Lipinski definition) is 4. The minimum atomic E-state index is -0.692. The van der Waals surface area contributed by atoms with Crippen molar-refractivity contribution in [3.8, 4) is 0 Å². The molecule has 1 amide bonds. The Morgan fingerprint density at radius 1 is 1.00 bits per heavy atom. The van der Waals surface area contributed by atoms with Gasteiger partial charge in [-0.25, -0.2) is 4.79 Å². The van der Waals surface area contributed by atoms with Crippen LogP contribution in [0, 0.1) is 0 Å². The zero-order chi connectivity index (χ0) is 24.8. The molecule has 0 aliphatic carbocycles. The lowest BCUT2D eigenvalue weighted by atomic mass is 10.0. The highest BCUT2D eigenvalue weighted by molar-refractivity contribution is 6.06. The molecule has 0 saturated carbocycles. The molecule has 0 aliphatic rings. The average Bonchev–Trinajstić information content (AvgIpc) is 2.87. The van der Waals surface area contributed by atoms with Crippen molar-refractivity contribution in [1.29, 1.82) is 0 Å². The number of carbonyl (C=O) groups is 1. The van der Waals surface area contributed by atoms with Crippen LogP contribution < -0.4 is 21.9 Å². The molecule has 4 rings (SSSR count). The van der Waals surface area contributed by atoms with Gasteiger partial charge in [-0.05, 0) is 34.4 Å². The van der Waals surface area contributed by atoms with Crippen LogP contribution in [0.2, 0.25) is 0 Å². The van der Waals surface area contributed by atoms with Gasteiger partial charge in [-0.1, -0.05) is 86.1 Å². The van der Waals surface area contributed by atoms with Gasteiger partial charge in [0, 0.05) is 12.6 Å². The normalized spacial score (nSPS) is 11.2. The molecule has 7 nitrogen and oxygen atoms in total. The number of nitrogen functional groups attached to an aromatic ring is 1. The summed E-state index contributed by atoms with van der Waals surface area (Å²) in [7, 11) is 0. The summed E-state index contributed by atoms with van der Waals surface area (Å²) in [6.07, 6.45) is 4.73. The van der Waals surface area contributed by atoms with Crippen LogP contribution in [0.25, 0.3) is 16.8 Å². The van der Waals surface area contributed by atoms with E-state index < -0.39 is 17.2 Å². The Labute approximate surface area is 203 Å². The fourth-order valence-electron chi connectivity index (χ4n) is 4.06. The van der Waals surface area contributed by atoms with E-state index >= 15 is 0 Å². The summed E-state index contributed by atoms with van der Waals surface area (Å²) in [4.78, 5) is 42.5. The fraction of sp³-hybridized carbons (Fsp3) is 0.179.